The number of imidazole rings is 1. The van der Waals surface area contributed by atoms with Crippen molar-refractivity contribution >= 4 is 6.03 Å². The molecule has 1 aromatic heterocycles. The minimum atomic E-state index is -0.170. The van der Waals surface area contributed by atoms with E-state index in [0.29, 0.717) is 12.1 Å². The zero-order valence-electron chi connectivity index (χ0n) is 7.36. The van der Waals surface area contributed by atoms with Crippen LogP contribution in [0.25, 0.3) is 0 Å². The van der Waals surface area contributed by atoms with Crippen LogP contribution in [0.3, 0.4) is 0 Å². The Labute approximate surface area is 75.7 Å². The van der Waals surface area contributed by atoms with Crippen molar-refractivity contribution in [3.05, 3.63) is 12.4 Å². The van der Waals surface area contributed by atoms with Gasteiger partial charge in [-0.1, -0.05) is 0 Å². The third-order valence-corrected chi connectivity index (χ3v) is 1.91. The maximum Gasteiger partial charge on any atom is 0.329 e. The molecular formula is C8H11N3O2. The zero-order chi connectivity index (χ0) is 9.26. The molecule has 0 aromatic carbocycles. The van der Waals surface area contributed by atoms with Gasteiger partial charge in [-0.05, 0) is 12.8 Å². The molecule has 0 radical (unpaired) electrons. The van der Waals surface area contributed by atoms with Crippen LogP contribution in [0.2, 0.25) is 0 Å². The highest BCUT2D eigenvalue weighted by Gasteiger charge is 2.24. The van der Waals surface area contributed by atoms with E-state index in [9.17, 15) is 4.79 Å². The van der Waals surface area contributed by atoms with Gasteiger partial charge in [0.2, 0.25) is 0 Å². The van der Waals surface area contributed by atoms with Crippen molar-refractivity contribution < 1.29 is 9.53 Å². The number of aromatic nitrogens is 2. The van der Waals surface area contributed by atoms with Crippen molar-refractivity contribution in [1.29, 1.82) is 0 Å². The summed E-state index contributed by atoms with van der Waals surface area (Å²) in [4.78, 5) is 15.3. The number of hydrogen-bond donors (Lipinski definition) is 1. The Balaban J connectivity index is 2.08. The van der Waals surface area contributed by atoms with Gasteiger partial charge in [-0.15, -0.1) is 0 Å². The molecule has 0 saturated heterocycles. The van der Waals surface area contributed by atoms with Crippen LogP contribution in [0, 0.1) is 0 Å². The molecule has 1 saturated carbocycles. The number of amides is 1. The normalized spacial score (nSPS) is 15.5. The quantitative estimate of drug-likeness (QED) is 0.727. The Morgan fingerprint density at radius 1 is 1.77 bits per heavy atom. The molecular weight excluding hydrogens is 170 g/mol. The lowest BCUT2D eigenvalue weighted by molar-refractivity contribution is 0.237. The second kappa shape index (κ2) is 3.08. The molecule has 1 heterocycles. The number of rotatable bonds is 2. The molecule has 1 N–H and O–H groups in total. The molecule has 1 fully saturated rings. The summed E-state index contributed by atoms with van der Waals surface area (Å²) in [5.41, 5.74) is 0. The molecule has 1 amide bonds. The third kappa shape index (κ3) is 1.63. The lowest BCUT2D eigenvalue weighted by Crippen LogP contribution is -2.30. The smallest absolute Gasteiger partial charge is 0.329 e. The monoisotopic (exact) mass is 181 g/mol. The van der Waals surface area contributed by atoms with Gasteiger partial charge in [-0.2, -0.15) is 0 Å². The topological polar surface area (TPSA) is 56.2 Å². The maximum absolute atomic E-state index is 11.5. The minimum absolute atomic E-state index is 0.170. The Kier molecular flexibility index (Phi) is 1.92. The average Bonchev–Trinajstić information content (AvgIpc) is 2.82. The van der Waals surface area contributed by atoms with Crippen LogP contribution in [0.5, 0.6) is 6.01 Å². The van der Waals surface area contributed by atoms with Gasteiger partial charge in [0.25, 0.3) is 0 Å². The van der Waals surface area contributed by atoms with E-state index in [1.54, 1.807) is 6.20 Å². The number of carbonyl (C=O) groups excluding carboxylic acids is 1. The van der Waals surface area contributed by atoms with Crippen molar-refractivity contribution in [1.82, 2.24) is 14.9 Å². The van der Waals surface area contributed by atoms with Crippen LogP contribution in [0.1, 0.15) is 12.8 Å². The van der Waals surface area contributed by atoms with Gasteiger partial charge in [-0.3, -0.25) is 0 Å². The summed E-state index contributed by atoms with van der Waals surface area (Å²) >= 11 is 0. The largest absolute Gasteiger partial charge is 0.468 e. The molecule has 5 heteroatoms. The standard InChI is InChI=1S/C8H11N3O2/c1-13-8-9-4-5-11(8)7(12)10-6-2-3-6/h4-6H,2-3H2,1H3,(H,10,12). The minimum Gasteiger partial charge on any atom is -0.468 e. The van der Waals surface area contributed by atoms with Gasteiger partial charge >= 0.3 is 12.0 Å². The molecule has 0 spiro atoms. The molecule has 0 aliphatic heterocycles. The predicted molar refractivity (Wildman–Crippen MR) is 45.7 cm³/mol. The summed E-state index contributed by atoms with van der Waals surface area (Å²) in [5.74, 6) is 0. The molecule has 2 rings (SSSR count). The van der Waals surface area contributed by atoms with Gasteiger partial charge < -0.3 is 10.1 Å². The van der Waals surface area contributed by atoms with Crippen molar-refractivity contribution in [2.24, 2.45) is 0 Å². The average molecular weight is 181 g/mol. The van der Waals surface area contributed by atoms with Crippen LogP contribution in [-0.4, -0.2) is 28.7 Å². The first kappa shape index (κ1) is 8.10. The highest BCUT2D eigenvalue weighted by molar-refractivity contribution is 5.78. The number of carbonyl (C=O) groups is 1. The fraction of sp³-hybridized carbons (Fsp3) is 0.500. The zero-order valence-corrected chi connectivity index (χ0v) is 7.36. The van der Waals surface area contributed by atoms with Gasteiger partial charge in [-0.25, -0.2) is 14.3 Å². The Hall–Kier alpha value is -1.52. The number of methoxy groups -OCH3 is 1. The number of nitrogens with one attached hydrogen (secondary N) is 1. The highest BCUT2D eigenvalue weighted by atomic mass is 16.5. The lowest BCUT2D eigenvalue weighted by Gasteiger charge is -2.05. The van der Waals surface area contributed by atoms with Crippen molar-refractivity contribution in [2.45, 2.75) is 18.9 Å². The summed E-state index contributed by atoms with van der Waals surface area (Å²) in [5, 5.41) is 2.84. The van der Waals surface area contributed by atoms with Crippen molar-refractivity contribution in [3.8, 4) is 6.01 Å². The van der Waals surface area contributed by atoms with Crippen LogP contribution in [0.15, 0.2) is 12.4 Å². The van der Waals surface area contributed by atoms with E-state index in [1.807, 2.05) is 0 Å². The summed E-state index contributed by atoms with van der Waals surface area (Å²) < 4.78 is 6.26. The van der Waals surface area contributed by atoms with Crippen molar-refractivity contribution in [2.75, 3.05) is 7.11 Å². The molecule has 0 bridgehead atoms. The van der Waals surface area contributed by atoms with Crippen LogP contribution >= 0.6 is 0 Å². The van der Waals surface area contributed by atoms with Gasteiger partial charge in [0, 0.05) is 18.4 Å². The van der Waals surface area contributed by atoms with E-state index in [1.165, 1.54) is 17.9 Å². The molecule has 1 aliphatic rings. The highest BCUT2D eigenvalue weighted by Crippen LogP contribution is 2.19. The molecule has 0 unspecified atom stereocenters. The van der Waals surface area contributed by atoms with Crippen LogP contribution in [0.4, 0.5) is 4.79 Å². The number of ether oxygens (including phenoxy) is 1. The molecule has 1 aromatic rings. The Morgan fingerprint density at radius 3 is 3.15 bits per heavy atom. The third-order valence-electron chi connectivity index (χ3n) is 1.91. The fourth-order valence-electron chi connectivity index (χ4n) is 1.07. The summed E-state index contributed by atoms with van der Waals surface area (Å²) in [6, 6.07) is 0.495. The molecule has 5 nitrogen and oxygen atoms in total. The van der Waals surface area contributed by atoms with Crippen LogP contribution in [-0.2, 0) is 0 Å². The van der Waals surface area contributed by atoms with E-state index < -0.39 is 0 Å². The Bertz CT molecular complexity index is 317. The fourth-order valence-corrected chi connectivity index (χ4v) is 1.07. The second-order valence-electron chi connectivity index (χ2n) is 3.01. The second-order valence-corrected chi connectivity index (χ2v) is 3.01. The molecule has 13 heavy (non-hydrogen) atoms. The van der Waals surface area contributed by atoms with Gasteiger partial charge in [0.1, 0.15) is 0 Å². The van der Waals surface area contributed by atoms with E-state index >= 15 is 0 Å². The SMILES string of the molecule is COc1nccn1C(=O)NC1CC1. The first-order valence-electron chi connectivity index (χ1n) is 4.19. The van der Waals surface area contributed by atoms with Gasteiger partial charge in [0.05, 0.1) is 7.11 Å². The summed E-state index contributed by atoms with van der Waals surface area (Å²) in [6.07, 6.45) is 5.26. The van der Waals surface area contributed by atoms with Crippen LogP contribution < -0.4 is 10.1 Å². The maximum atomic E-state index is 11.5. The van der Waals surface area contributed by atoms with Gasteiger partial charge in [0.15, 0.2) is 0 Å². The Morgan fingerprint density at radius 2 is 2.54 bits per heavy atom. The number of hydrogen-bond acceptors (Lipinski definition) is 3. The van der Waals surface area contributed by atoms with E-state index in [2.05, 4.69) is 10.3 Å². The lowest BCUT2D eigenvalue weighted by atomic mass is 10.7. The molecule has 0 atom stereocenters. The van der Waals surface area contributed by atoms with E-state index in [4.69, 9.17) is 4.74 Å². The summed E-state index contributed by atoms with van der Waals surface area (Å²) in [7, 11) is 1.49. The number of nitrogens with zero attached hydrogens (tertiary/aromatic N) is 2. The van der Waals surface area contributed by atoms with Crippen molar-refractivity contribution in [3.63, 3.8) is 0 Å². The predicted octanol–water partition coefficient (Wildman–Crippen LogP) is 0.612. The summed E-state index contributed by atoms with van der Waals surface area (Å²) in [6.45, 7) is 0. The first-order chi connectivity index (χ1) is 6.31. The first-order valence-corrected chi connectivity index (χ1v) is 4.19. The molecule has 1 aliphatic carbocycles. The van der Waals surface area contributed by atoms with E-state index in [-0.39, 0.29) is 6.03 Å². The van der Waals surface area contributed by atoms with E-state index in [0.717, 1.165) is 12.8 Å². The molecule has 70 valence electrons.